The van der Waals surface area contributed by atoms with Crippen LogP contribution in [-0.4, -0.2) is 12.1 Å². The number of pyridine rings is 1. The Hall–Kier alpha value is -1.55. The minimum absolute atomic E-state index is 0.749. The highest BCUT2D eigenvalue weighted by atomic mass is 79.9. The van der Waals surface area contributed by atoms with Gasteiger partial charge in [0.2, 0.25) is 0 Å². The number of halogens is 1. The molecule has 1 aromatic heterocycles. The molecule has 0 saturated carbocycles. The molecule has 18 heavy (non-hydrogen) atoms. The molecule has 1 aromatic carbocycles. The first-order valence-electron chi connectivity index (χ1n) is 5.67. The van der Waals surface area contributed by atoms with E-state index in [1.165, 1.54) is 5.56 Å². The van der Waals surface area contributed by atoms with Gasteiger partial charge in [0, 0.05) is 30.7 Å². The Labute approximate surface area is 115 Å². The van der Waals surface area contributed by atoms with Gasteiger partial charge in [-0.2, -0.15) is 0 Å². The molecule has 1 N–H and O–H groups in total. The molecule has 2 aromatic rings. The summed E-state index contributed by atoms with van der Waals surface area (Å²) in [6, 6.07) is 8.06. The zero-order valence-corrected chi connectivity index (χ0v) is 12.0. The molecule has 0 spiro atoms. The number of methoxy groups -OCH3 is 1. The van der Waals surface area contributed by atoms with Gasteiger partial charge in [-0.3, -0.25) is 4.98 Å². The number of aromatic nitrogens is 1. The van der Waals surface area contributed by atoms with Gasteiger partial charge in [-0.15, -0.1) is 0 Å². The maximum atomic E-state index is 5.26. The van der Waals surface area contributed by atoms with Crippen LogP contribution in [0.2, 0.25) is 0 Å². The van der Waals surface area contributed by atoms with Crippen molar-refractivity contribution < 1.29 is 4.74 Å². The van der Waals surface area contributed by atoms with E-state index in [1.54, 1.807) is 7.11 Å². The van der Waals surface area contributed by atoms with Crippen molar-refractivity contribution in [2.45, 2.75) is 13.5 Å². The lowest BCUT2D eigenvalue weighted by molar-refractivity contribution is 0.412. The topological polar surface area (TPSA) is 34.1 Å². The van der Waals surface area contributed by atoms with Crippen LogP contribution in [0.4, 0.5) is 5.69 Å². The number of benzene rings is 1. The summed E-state index contributed by atoms with van der Waals surface area (Å²) >= 11 is 3.43. The van der Waals surface area contributed by atoms with Crippen LogP contribution in [0.25, 0.3) is 0 Å². The van der Waals surface area contributed by atoms with E-state index in [1.807, 2.05) is 37.5 Å². The first-order chi connectivity index (χ1) is 8.69. The smallest absolute Gasteiger partial charge is 0.135 e. The van der Waals surface area contributed by atoms with Gasteiger partial charge in [0.15, 0.2) is 0 Å². The maximum Gasteiger partial charge on any atom is 0.135 e. The summed E-state index contributed by atoms with van der Waals surface area (Å²) in [6.07, 6.45) is 3.72. The van der Waals surface area contributed by atoms with Crippen molar-refractivity contribution in [1.82, 2.24) is 4.98 Å². The number of nitrogens with zero attached hydrogens (tertiary/aromatic N) is 1. The molecule has 3 nitrogen and oxygen atoms in total. The van der Waals surface area contributed by atoms with Gasteiger partial charge in [-0.05, 0) is 46.1 Å². The SMILES string of the molecule is COc1cc(NCc2cncc(C)c2)ccc1Br. The average molecular weight is 307 g/mol. The predicted molar refractivity (Wildman–Crippen MR) is 77.0 cm³/mol. The van der Waals surface area contributed by atoms with Crippen LogP contribution in [0.5, 0.6) is 5.75 Å². The highest BCUT2D eigenvalue weighted by molar-refractivity contribution is 9.10. The Kier molecular flexibility index (Phi) is 4.20. The lowest BCUT2D eigenvalue weighted by Crippen LogP contribution is -2.00. The molecule has 0 amide bonds. The number of hydrogen-bond acceptors (Lipinski definition) is 3. The zero-order chi connectivity index (χ0) is 13.0. The number of rotatable bonds is 4. The third kappa shape index (κ3) is 3.23. The van der Waals surface area contributed by atoms with E-state index >= 15 is 0 Å². The van der Waals surface area contributed by atoms with Gasteiger partial charge in [0.05, 0.1) is 11.6 Å². The Balaban J connectivity index is 2.06. The van der Waals surface area contributed by atoms with Crippen LogP contribution < -0.4 is 10.1 Å². The lowest BCUT2D eigenvalue weighted by Gasteiger charge is -2.09. The van der Waals surface area contributed by atoms with Crippen LogP contribution in [0.3, 0.4) is 0 Å². The van der Waals surface area contributed by atoms with E-state index in [9.17, 15) is 0 Å². The van der Waals surface area contributed by atoms with Crippen LogP contribution in [0, 0.1) is 6.92 Å². The van der Waals surface area contributed by atoms with E-state index in [4.69, 9.17) is 4.74 Å². The van der Waals surface area contributed by atoms with E-state index in [0.29, 0.717) is 0 Å². The second-order valence-electron chi connectivity index (χ2n) is 4.07. The molecule has 0 aliphatic carbocycles. The molecule has 0 bridgehead atoms. The van der Waals surface area contributed by atoms with E-state index < -0.39 is 0 Å². The third-order valence-corrected chi connectivity index (χ3v) is 3.23. The van der Waals surface area contributed by atoms with Crippen molar-refractivity contribution in [2.24, 2.45) is 0 Å². The molecule has 94 valence electrons. The van der Waals surface area contributed by atoms with Gasteiger partial charge < -0.3 is 10.1 Å². The first-order valence-corrected chi connectivity index (χ1v) is 6.46. The maximum absolute atomic E-state index is 5.26. The molecular weight excluding hydrogens is 292 g/mol. The quantitative estimate of drug-likeness (QED) is 0.933. The molecule has 0 atom stereocenters. The number of hydrogen-bond donors (Lipinski definition) is 1. The van der Waals surface area contributed by atoms with Crippen molar-refractivity contribution in [3.63, 3.8) is 0 Å². The fourth-order valence-electron chi connectivity index (χ4n) is 1.69. The Morgan fingerprint density at radius 2 is 2.11 bits per heavy atom. The van der Waals surface area contributed by atoms with Crippen LogP contribution >= 0.6 is 15.9 Å². The summed E-state index contributed by atoms with van der Waals surface area (Å²) in [4.78, 5) is 4.17. The normalized spacial score (nSPS) is 10.2. The van der Waals surface area contributed by atoms with Crippen molar-refractivity contribution in [3.8, 4) is 5.75 Å². The molecule has 0 aliphatic heterocycles. The molecule has 0 fully saturated rings. The fourth-order valence-corrected chi connectivity index (χ4v) is 2.10. The van der Waals surface area contributed by atoms with Crippen molar-refractivity contribution in [1.29, 1.82) is 0 Å². The highest BCUT2D eigenvalue weighted by Crippen LogP contribution is 2.27. The second kappa shape index (κ2) is 5.87. The Bertz CT molecular complexity index is 543. The standard InChI is InChI=1S/C14H15BrN2O/c1-10-5-11(8-16-7-10)9-17-12-3-4-13(15)14(6-12)18-2/h3-8,17H,9H2,1-2H3. The average Bonchev–Trinajstić information content (AvgIpc) is 2.38. The van der Waals surface area contributed by atoms with Crippen molar-refractivity contribution >= 4 is 21.6 Å². The van der Waals surface area contributed by atoms with E-state index in [-0.39, 0.29) is 0 Å². The summed E-state index contributed by atoms with van der Waals surface area (Å²) < 4.78 is 6.21. The molecule has 0 radical (unpaired) electrons. The van der Waals surface area contributed by atoms with Crippen LogP contribution in [0.1, 0.15) is 11.1 Å². The summed E-state index contributed by atoms with van der Waals surface area (Å²) in [7, 11) is 1.66. The van der Waals surface area contributed by atoms with Crippen molar-refractivity contribution in [2.75, 3.05) is 12.4 Å². The minimum atomic E-state index is 0.749. The molecule has 0 unspecified atom stereocenters. The fraction of sp³-hybridized carbons (Fsp3) is 0.214. The minimum Gasteiger partial charge on any atom is -0.495 e. The predicted octanol–water partition coefficient (Wildman–Crippen LogP) is 3.77. The van der Waals surface area contributed by atoms with Gasteiger partial charge >= 0.3 is 0 Å². The molecule has 1 heterocycles. The highest BCUT2D eigenvalue weighted by Gasteiger charge is 2.01. The van der Waals surface area contributed by atoms with Crippen molar-refractivity contribution in [3.05, 3.63) is 52.3 Å². The summed E-state index contributed by atoms with van der Waals surface area (Å²) in [6.45, 7) is 2.79. The summed E-state index contributed by atoms with van der Waals surface area (Å²) in [5.74, 6) is 0.822. The Morgan fingerprint density at radius 1 is 1.28 bits per heavy atom. The Morgan fingerprint density at radius 3 is 2.83 bits per heavy atom. The van der Waals surface area contributed by atoms with Gasteiger partial charge in [-0.1, -0.05) is 6.07 Å². The molecule has 4 heteroatoms. The van der Waals surface area contributed by atoms with E-state index in [2.05, 4.69) is 32.3 Å². The lowest BCUT2D eigenvalue weighted by atomic mass is 10.2. The number of anilines is 1. The largest absolute Gasteiger partial charge is 0.495 e. The van der Waals surface area contributed by atoms with Crippen LogP contribution in [0.15, 0.2) is 41.1 Å². The summed E-state index contributed by atoms with van der Waals surface area (Å²) in [5, 5.41) is 3.35. The molecular formula is C14H15BrN2O. The van der Waals surface area contributed by atoms with Gasteiger partial charge in [-0.25, -0.2) is 0 Å². The molecule has 0 aliphatic rings. The first kappa shape index (κ1) is 12.9. The molecule has 2 rings (SSSR count). The third-order valence-electron chi connectivity index (χ3n) is 2.58. The zero-order valence-electron chi connectivity index (χ0n) is 10.4. The van der Waals surface area contributed by atoms with Crippen LogP contribution in [-0.2, 0) is 6.54 Å². The van der Waals surface area contributed by atoms with E-state index in [0.717, 1.165) is 28.0 Å². The monoisotopic (exact) mass is 306 g/mol. The number of nitrogens with one attached hydrogen (secondary N) is 1. The van der Waals surface area contributed by atoms with Gasteiger partial charge in [0.25, 0.3) is 0 Å². The molecule has 0 saturated heterocycles. The summed E-state index contributed by atoms with van der Waals surface area (Å²) in [5.41, 5.74) is 3.36. The van der Waals surface area contributed by atoms with Gasteiger partial charge in [0.1, 0.15) is 5.75 Å². The number of ether oxygens (including phenoxy) is 1. The number of aryl methyl sites for hydroxylation is 1. The second-order valence-corrected chi connectivity index (χ2v) is 4.93.